The van der Waals surface area contributed by atoms with Gasteiger partial charge in [0.15, 0.2) is 6.10 Å². The third-order valence-corrected chi connectivity index (χ3v) is 3.20. The van der Waals surface area contributed by atoms with Gasteiger partial charge in [0.2, 0.25) is 0 Å². The smallest absolute Gasteiger partial charge is 0.419 e. The van der Waals surface area contributed by atoms with E-state index in [1.165, 1.54) is 56.2 Å². The van der Waals surface area contributed by atoms with Gasteiger partial charge in [0.05, 0.1) is 0 Å². The van der Waals surface area contributed by atoms with Crippen LogP contribution in [0.4, 0.5) is 14.4 Å². The van der Waals surface area contributed by atoms with Gasteiger partial charge < -0.3 is 14.2 Å². The van der Waals surface area contributed by atoms with E-state index in [1.807, 2.05) is 0 Å². The molecule has 0 aliphatic carbocycles. The second kappa shape index (κ2) is 8.42. The minimum absolute atomic E-state index is 0.339. The molecule has 12 heteroatoms. The maximum Gasteiger partial charge on any atom is 0.419 e. The second-order valence-electron chi connectivity index (χ2n) is 5.07. The number of rotatable bonds is 5. The van der Waals surface area contributed by atoms with Crippen molar-refractivity contribution in [3.8, 4) is 0 Å². The minimum atomic E-state index is -1.04. The Morgan fingerprint density at radius 3 is 1.48 bits per heavy atom. The third-order valence-electron chi connectivity index (χ3n) is 3.20. The second-order valence-corrected chi connectivity index (χ2v) is 5.07. The average molecular weight is 374 g/mol. The summed E-state index contributed by atoms with van der Waals surface area (Å²) in [7, 11) is 0. The van der Waals surface area contributed by atoms with E-state index in [0.717, 1.165) is 13.7 Å². The molecule has 140 valence electrons. The van der Waals surface area contributed by atoms with E-state index in [9.17, 15) is 14.4 Å². The lowest BCUT2D eigenvalue weighted by molar-refractivity contribution is 0.00820. The first kappa shape index (κ1) is 17.8. The van der Waals surface area contributed by atoms with Crippen molar-refractivity contribution >= 4 is 18.3 Å². The van der Waals surface area contributed by atoms with Crippen LogP contribution in [0.15, 0.2) is 56.2 Å². The lowest BCUT2D eigenvalue weighted by Gasteiger charge is -2.18. The van der Waals surface area contributed by atoms with Gasteiger partial charge in [0.1, 0.15) is 32.2 Å². The first-order valence-corrected chi connectivity index (χ1v) is 7.62. The minimum Gasteiger partial charge on any atom is -0.445 e. The van der Waals surface area contributed by atoms with Crippen molar-refractivity contribution in [1.29, 1.82) is 0 Å². The summed E-state index contributed by atoms with van der Waals surface area (Å²) < 4.78 is 18.6. The average Bonchev–Trinajstić information content (AvgIpc) is 3.45. The monoisotopic (exact) mass is 374 g/mol. The molecular weight excluding hydrogens is 360 g/mol. The first-order chi connectivity index (χ1) is 13.1. The number of nitrogens with zero attached hydrogens (tertiary/aromatic N) is 6. The normalized spacial score (nSPS) is 10.6. The Labute approximate surface area is 151 Å². The van der Waals surface area contributed by atoms with Gasteiger partial charge in [0.25, 0.3) is 0 Å². The van der Waals surface area contributed by atoms with Crippen LogP contribution in [0.1, 0.15) is 0 Å². The van der Waals surface area contributed by atoms with Crippen LogP contribution in [0.2, 0.25) is 0 Å². The van der Waals surface area contributed by atoms with E-state index in [4.69, 9.17) is 14.2 Å². The third kappa shape index (κ3) is 4.78. The number of aromatic nitrogens is 6. The van der Waals surface area contributed by atoms with Crippen LogP contribution in [0.25, 0.3) is 0 Å². The van der Waals surface area contributed by atoms with E-state index in [2.05, 4.69) is 15.0 Å². The molecule has 0 aliphatic heterocycles. The van der Waals surface area contributed by atoms with E-state index >= 15 is 0 Å². The van der Waals surface area contributed by atoms with Gasteiger partial charge in [-0.3, -0.25) is 0 Å². The molecule has 0 saturated heterocycles. The summed E-state index contributed by atoms with van der Waals surface area (Å²) >= 11 is 0. The molecule has 12 nitrogen and oxygen atoms in total. The highest BCUT2D eigenvalue weighted by atomic mass is 16.6. The molecule has 0 unspecified atom stereocenters. The highest BCUT2D eigenvalue weighted by Gasteiger charge is 2.21. The molecule has 0 spiro atoms. The summed E-state index contributed by atoms with van der Waals surface area (Å²) in [5, 5.41) is 0. The first-order valence-electron chi connectivity index (χ1n) is 7.62. The van der Waals surface area contributed by atoms with Gasteiger partial charge in [-0.1, -0.05) is 0 Å². The fourth-order valence-corrected chi connectivity index (χ4v) is 1.90. The maximum atomic E-state index is 12.1. The van der Waals surface area contributed by atoms with Crippen LogP contribution in [0.3, 0.4) is 0 Å². The van der Waals surface area contributed by atoms with Crippen LogP contribution in [0.5, 0.6) is 0 Å². The number of hydrogen-bond donors (Lipinski definition) is 0. The van der Waals surface area contributed by atoms with Crippen molar-refractivity contribution in [2.24, 2.45) is 0 Å². The SMILES string of the molecule is O=C(OCC(COC(=O)n1ccnc1)OC(=O)n1ccnc1)n1ccnc1. The Morgan fingerprint density at radius 2 is 1.11 bits per heavy atom. The molecule has 0 aromatic carbocycles. The van der Waals surface area contributed by atoms with Gasteiger partial charge in [0, 0.05) is 37.2 Å². The Bertz CT molecular complexity index is 824. The van der Waals surface area contributed by atoms with Crippen LogP contribution in [-0.2, 0) is 14.2 Å². The lowest BCUT2D eigenvalue weighted by Crippen LogP contribution is -2.33. The van der Waals surface area contributed by atoms with E-state index in [1.54, 1.807) is 0 Å². The zero-order chi connectivity index (χ0) is 19.1. The Balaban J connectivity index is 1.59. The standard InChI is InChI=1S/C15H14N6O6/c22-13(19-4-1-16-9-19)25-7-12(27-15(24)21-6-3-18-11-21)8-26-14(23)20-5-2-17-10-20/h1-6,9-12H,7-8H2. The zero-order valence-corrected chi connectivity index (χ0v) is 13.8. The van der Waals surface area contributed by atoms with Crippen LogP contribution < -0.4 is 0 Å². The zero-order valence-electron chi connectivity index (χ0n) is 13.8. The molecule has 0 atom stereocenters. The number of imidazole rings is 3. The lowest BCUT2D eigenvalue weighted by atomic mass is 10.4. The van der Waals surface area contributed by atoms with Crippen molar-refractivity contribution in [3.05, 3.63) is 56.2 Å². The molecule has 3 rings (SSSR count). The van der Waals surface area contributed by atoms with Crippen LogP contribution in [-0.4, -0.2) is 66.3 Å². The number of carbonyl (C=O) groups is 3. The molecule has 0 N–H and O–H groups in total. The molecule has 27 heavy (non-hydrogen) atoms. The van der Waals surface area contributed by atoms with Gasteiger partial charge in [-0.05, 0) is 0 Å². The summed E-state index contributed by atoms with van der Waals surface area (Å²) in [5.41, 5.74) is 0. The van der Waals surface area contributed by atoms with Crippen molar-refractivity contribution in [2.75, 3.05) is 13.2 Å². The van der Waals surface area contributed by atoms with Crippen molar-refractivity contribution in [1.82, 2.24) is 28.7 Å². The van der Waals surface area contributed by atoms with Crippen LogP contribution in [0, 0.1) is 0 Å². The Morgan fingerprint density at radius 1 is 0.704 bits per heavy atom. The van der Waals surface area contributed by atoms with Crippen LogP contribution >= 0.6 is 0 Å². The van der Waals surface area contributed by atoms with Crippen molar-refractivity contribution in [2.45, 2.75) is 6.10 Å². The van der Waals surface area contributed by atoms with Gasteiger partial charge >= 0.3 is 18.3 Å². The number of hydrogen-bond acceptors (Lipinski definition) is 9. The molecule has 3 heterocycles. The van der Waals surface area contributed by atoms with Gasteiger partial charge in [-0.2, -0.15) is 0 Å². The topological polar surface area (TPSA) is 132 Å². The van der Waals surface area contributed by atoms with E-state index < -0.39 is 24.4 Å². The summed E-state index contributed by atoms with van der Waals surface area (Å²) in [6.07, 6.45) is 8.89. The summed E-state index contributed by atoms with van der Waals surface area (Å²) in [6, 6.07) is 0. The molecule has 0 amide bonds. The quantitative estimate of drug-likeness (QED) is 0.600. The number of ether oxygens (including phenoxy) is 3. The van der Waals surface area contributed by atoms with E-state index in [-0.39, 0.29) is 13.2 Å². The Kier molecular flexibility index (Phi) is 5.57. The number of carbonyl (C=O) groups excluding carboxylic acids is 3. The summed E-state index contributed by atoms with van der Waals surface area (Å²) in [6.45, 7) is -0.677. The van der Waals surface area contributed by atoms with Gasteiger partial charge in [-0.15, -0.1) is 0 Å². The molecule has 0 fully saturated rings. The molecule has 0 saturated carbocycles. The molecule has 3 aromatic heterocycles. The maximum absolute atomic E-state index is 12.1. The largest absolute Gasteiger partial charge is 0.445 e. The van der Waals surface area contributed by atoms with E-state index in [0.29, 0.717) is 0 Å². The molecule has 0 radical (unpaired) electrons. The fourth-order valence-electron chi connectivity index (χ4n) is 1.90. The molecule has 3 aromatic rings. The van der Waals surface area contributed by atoms with Crippen molar-refractivity contribution < 1.29 is 28.6 Å². The fraction of sp³-hybridized carbons (Fsp3) is 0.200. The van der Waals surface area contributed by atoms with Crippen molar-refractivity contribution in [3.63, 3.8) is 0 Å². The molecule has 0 aliphatic rings. The molecule has 0 bridgehead atoms. The summed E-state index contributed by atoms with van der Waals surface area (Å²) in [4.78, 5) is 47.0. The van der Waals surface area contributed by atoms with Gasteiger partial charge in [-0.25, -0.2) is 43.0 Å². The highest BCUT2D eigenvalue weighted by molar-refractivity contribution is 5.71. The predicted octanol–water partition coefficient (Wildman–Crippen LogP) is 0.999. The summed E-state index contributed by atoms with van der Waals surface area (Å²) in [5.74, 6) is 0. The highest BCUT2D eigenvalue weighted by Crippen LogP contribution is 2.03. The molecular formula is C15H14N6O6. The Hall–Kier alpha value is -3.96. The predicted molar refractivity (Wildman–Crippen MR) is 85.8 cm³/mol.